The molecule has 0 fully saturated rings. The molecule has 10 aromatic rings. The summed E-state index contributed by atoms with van der Waals surface area (Å²) in [7, 11) is 0. The van der Waals surface area contributed by atoms with E-state index in [9.17, 15) is 0 Å². The van der Waals surface area contributed by atoms with Gasteiger partial charge in [0, 0.05) is 34.0 Å². The summed E-state index contributed by atoms with van der Waals surface area (Å²) in [5.74, 6) is 2.42. The van der Waals surface area contributed by atoms with E-state index in [0.717, 1.165) is 56.0 Å². The van der Waals surface area contributed by atoms with Crippen LogP contribution >= 0.6 is 0 Å². The van der Waals surface area contributed by atoms with E-state index in [2.05, 4.69) is 41.4 Å². The molecule has 0 amide bonds. The molecule has 10 rings (SSSR count). The van der Waals surface area contributed by atoms with Crippen LogP contribution in [0.2, 0.25) is 0 Å². The third-order valence-corrected chi connectivity index (χ3v) is 10.0. The minimum absolute atomic E-state index is 0.577. The van der Waals surface area contributed by atoms with Gasteiger partial charge in [0.1, 0.15) is 0 Å². The Hall–Kier alpha value is -8.36. The minimum atomic E-state index is 0.577. The Morgan fingerprint density at radius 3 is 1.17 bits per heavy atom. The monoisotopic (exact) mass is 770 g/mol. The summed E-state index contributed by atoms with van der Waals surface area (Å²) in [5.41, 5.74) is 11.6. The average Bonchev–Trinajstić information content (AvgIpc) is 3.35. The van der Waals surface area contributed by atoms with Gasteiger partial charge in [-0.15, -0.1) is 0 Å². The van der Waals surface area contributed by atoms with Gasteiger partial charge in [-0.25, -0.2) is 34.9 Å². The highest BCUT2D eigenvalue weighted by Gasteiger charge is 2.17. The highest BCUT2D eigenvalue weighted by atomic mass is 15.0. The number of nitrogens with zero attached hydrogens (tertiary/aromatic N) is 8. The van der Waals surface area contributed by atoms with Gasteiger partial charge < -0.3 is 0 Å². The lowest BCUT2D eigenvalue weighted by molar-refractivity contribution is 1.07. The number of rotatable bonds is 9. The molecule has 0 aliphatic carbocycles. The SMILES string of the molecule is c1ccc(-c2cc(-c3cccc(-c4cc(-c5cccc(-c6nc(-c7ccccc7)nc(-c7ccccc7)n6)c5)cc(-c5ccccn5)n4)n3)nc(-c3ccccc3)n2)cc1. The van der Waals surface area contributed by atoms with Crippen LogP contribution in [-0.2, 0) is 0 Å². The molecule has 5 aromatic carbocycles. The van der Waals surface area contributed by atoms with Crippen LogP contribution in [0.1, 0.15) is 0 Å². The first-order chi connectivity index (χ1) is 29.7. The predicted octanol–water partition coefficient (Wildman–Crippen LogP) is 11.8. The lowest BCUT2D eigenvalue weighted by atomic mass is 10.00. The maximum absolute atomic E-state index is 5.19. The van der Waals surface area contributed by atoms with Crippen molar-refractivity contribution in [2.24, 2.45) is 0 Å². The van der Waals surface area contributed by atoms with Crippen molar-refractivity contribution in [1.82, 2.24) is 39.9 Å². The second-order valence-corrected chi connectivity index (χ2v) is 14.1. The number of hydrogen-bond donors (Lipinski definition) is 0. The van der Waals surface area contributed by atoms with Crippen LogP contribution in [0.15, 0.2) is 206 Å². The Kier molecular flexibility index (Phi) is 9.75. The molecule has 5 heterocycles. The molecule has 0 N–H and O–H groups in total. The minimum Gasteiger partial charge on any atom is -0.255 e. The van der Waals surface area contributed by atoms with Crippen LogP contribution in [0.25, 0.3) is 102 Å². The van der Waals surface area contributed by atoms with Crippen LogP contribution < -0.4 is 0 Å². The zero-order valence-corrected chi connectivity index (χ0v) is 32.2. The van der Waals surface area contributed by atoms with Crippen molar-refractivity contribution in [2.45, 2.75) is 0 Å². The fourth-order valence-electron chi connectivity index (χ4n) is 7.02. The maximum atomic E-state index is 5.19. The highest BCUT2D eigenvalue weighted by molar-refractivity contribution is 5.79. The molecule has 0 saturated heterocycles. The largest absolute Gasteiger partial charge is 0.255 e. The molecule has 0 saturated carbocycles. The predicted molar refractivity (Wildman–Crippen MR) is 238 cm³/mol. The molecule has 282 valence electrons. The molecule has 0 radical (unpaired) electrons. The Morgan fingerprint density at radius 2 is 0.600 bits per heavy atom. The van der Waals surface area contributed by atoms with E-state index in [4.69, 9.17) is 34.9 Å². The van der Waals surface area contributed by atoms with Gasteiger partial charge in [-0.3, -0.25) is 4.98 Å². The smallest absolute Gasteiger partial charge is 0.164 e. The molecule has 60 heavy (non-hydrogen) atoms. The molecule has 0 spiro atoms. The third-order valence-electron chi connectivity index (χ3n) is 10.0. The van der Waals surface area contributed by atoms with E-state index in [1.54, 1.807) is 6.20 Å². The number of aromatic nitrogens is 8. The summed E-state index contributed by atoms with van der Waals surface area (Å²) in [4.78, 5) is 39.9. The van der Waals surface area contributed by atoms with Crippen LogP contribution in [0.3, 0.4) is 0 Å². The van der Waals surface area contributed by atoms with Crippen LogP contribution in [0, 0.1) is 0 Å². The van der Waals surface area contributed by atoms with Crippen LogP contribution in [0.4, 0.5) is 0 Å². The van der Waals surface area contributed by atoms with Gasteiger partial charge in [-0.1, -0.05) is 152 Å². The van der Waals surface area contributed by atoms with Gasteiger partial charge in [-0.2, -0.15) is 0 Å². The Morgan fingerprint density at radius 1 is 0.200 bits per heavy atom. The normalized spacial score (nSPS) is 11.0. The fourth-order valence-corrected chi connectivity index (χ4v) is 7.02. The van der Waals surface area contributed by atoms with Gasteiger partial charge in [0.2, 0.25) is 0 Å². The Labute approximate surface area is 347 Å². The highest BCUT2D eigenvalue weighted by Crippen LogP contribution is 2.34. The van der Waals surface area contributed by atoms with Gasteiger partial charge in [0.15, 0.2) is 23.3 Å². The Bertz CT molecular complexity index is 2770. The summed E-state index contributed by atoms with van der Waals surface area (Å²) in [6.45, 7) is 0. The summed E-state index contributed by atoms with van der Waals surface area (Å²) in [6, 6.07) is 66.3. The standard InChI is InChI=1S/C52H34N8/c1-5-17-35(18-6-1)45-34-48(57-49(56-45)36-19-7-2-8-20-36)44-29-16-28-43(54-44)47-33-41(32-46(55-47)42-27-13-14-30-53-42)39-25-15-26-40(31-39)52-59-50(37-21-9-3-10-22-37)58-51(60-52)38-23-11-4-12-24-38/h1-34H. The van der Waals surface area contributed by atoms with Gasteiger partial charge in [0.05, 0.1) is 39.9 Å². The molecule has 0 atom stereocenters. The van der Waals surface area contributed by atoms with E-state index in [1.807, 2.05) is 164 Å². The summed E-state index contributed by atoms with van der Waals surface area (Å²) in [5, 5.41) is 0. The van der Waals surface area contributed by atoms with E-state index < -0.39 is 0 Å². The zero-order chi connectivity index (χ0) is 40.1. The Balaban J connectivity index is 1.09. The molecular formula is C52H34N8. The first kappa shape index (κ1) is 36.0. The van der Waals surface area contributed by atoms with Crippen molar-refractivity contribution in [1.29, 1.82) is 0 Å². The molecular weight excluding hydrogens is 737 g/mol. The molecule has 0 aliphatic rings. The molecule has 0 aliphatic heterocycles. The van der Waals surface area contributed by atoms with Crippen molar-refractivity contribution in [3.63, 3.8) is 0 Å². The zero-order valence-electron chi connectivity index (χ0n) is 32.2. The molecule has 0 unspecified atom stereocenters. The van der Waals surface area contributed by atoms with Crippen LogP contribution in [-0.4, -0.2) is 39.9 Å². The van der Waals surface area contributed by atoms with Crippen molar-refractivity contribution >= 4 is 0 Å². The van der Waals surface area contributed by atoms with Gasteiger partial charge in [-0.05, 0) is 59.7 Å². The van der Waals surface area contributed by atoms with E-state index >= 15 is 0 Å². The van der Waals surface area contributed by atoms with Crippen molar-refractivity contribution in [3.05, 3.63) is 206 Å². The first-order valence-corrected chi connectivity index (χ1v) is 19.6. The topological polar surface area (TPSA) is 103 Å². The average molecular weight is 771 g/mol. The summed E-state index contributed by atoms with van der Waals surface area (Å²) < 4.78 is 0. The van der Waals surface area contributed by atoms with E-state index in [1.165, 1.54) is 0 Å². The fraction of sp³-hybridized carbons (Fsp3) is 0. The third kappa shape index (κ3) is 7.68. The first-order valence-electron chi connectivity index (χ1n) is 19.6. The van der Waals surface area contributed by atoms with Crippen LogP contribution in [0.5, 0.6) is 0 Å². The van der Waals surface area contributed by atoms with Crippen molar-refractivity contribution in [2.75, 3.05) is 0 Å². The summed E-state index contributed by atoms with van der Waals surface area (Å²) in [6.07, 6.45) is 1.78. The quantitative estimate of drug-likeness (QED) is 0.143. The summed E-state index contributed by atoms with van der Waals surface area (Å²) >= 11 is 0. The van der Waals surface area contributed by atoms with Gasteiger partial charge in [0.25, 0.3) is 0 Å². The molecule has 5 aromatic heterocycles. The van der Waals surface area contributed by atoms with Gasteiger partial charge >= 0.3 is 0 Å². The molecule has 0 bridgehead atoms. The van der Waals surface area contributed by atoms with E-state index in [0.29, 0.717) is 46.1 Å². The van der Waals surface area contributed by atoms with Crippen molar-refractivity contribution < 1.29 is 0 Å². The molecule has 8 nitrogen and oxygen atoms in total. The number of benzene rings is 5. The second kappa shape index (κ2) is 16.2. The van der Waals surface area contributed by atoms with E-state index in [-0.39, 0.29) is 0 Å². The number of hydrogen-bond acceptors (Lipinski definition) is 8. The molecule has 8 heteroatoms. The maximum Gasteiger partial charge on any atom is 0.164 e. The second-order valence-electron chi connectivity index (χ2n) is 14.1. The van der Waals surface area contributed by atoms with Crippen molar-refractivity contribution in [3.8, 4) is 102 Å². The lowest BCUT2D eigenvalue weighted by Gasteiger charge is -2.12. The lowest BCUT2D eigenvalue weighted by Crippen LogP contribution is -2.00. The number of pyridine rings is 3.